The summed E-state index contributed by atoms with van der Waals surface area (Å²) < 4.78 is 0. The zero-order valence-corrected chi connectivity index (χ0v) is 10.3. The van der Waals surface area contributed by atoms with E-state index < -0.39 is 5.97 Å². The highest BCUT2D eigenvalue weighted by molar-refractivity contribution is 5.72. The third-order valence-corrected chi connectivity index (χ3v) is 3.48. The van der Waals surface area contributed by atoms with E-state index >= 15 is 0 Å². The standard InChI is InChI=1S/C13H18N2O2/c1-9-4-3-5-10(14-9)8-15(2)12-7-6-11(12)13(16)17/h3-5,11-12H,6-8H2,1-2H3,(H,16,17). The van der Waals surface area contributed by atoms with E-state index in [4.69, 9.17) is 5.11 Å². The monoisotopic (exact) mass is 234 g/mol. The summed E-state index contributed by atoms with van der Waals surface area (Å²) in [5.74, 6) is -0.880. The molecule has 1 N–H and O–H groups in total. The molecule has 0 aromatic carbocycles. The second-order valence-electron chi connectivity index (χ2n) is 4.77. The van der Waals surface area contributed by atoms with Crippen molar-refractivity contribution in [3.8, 4) is 0 Å². The molecule has 0 bridgehead atoms. The van der Waals surface area contributed by atoms with Crippen molar-refractivity contribution in [3.05, 3.63) is 29.6 Å². The van der Waals surface area contributed by atoms with Crippen LogP contribution >= 0.6 is 0 Å². The first-order valence-electron chi connectivity index (χ1n) is 5.93. The molecule has 92 valence electrons. The molecule has 4 heteroatoms. The van der Waals surface area contributed by atoms with Gasteiger partial charge in [0.15, 0.2) is 0 Å². The van der Waals surface area contributed by atoms with E-state index in [-0.39, 0.29) is 12.0 Å². The molecule has 1 heterocycles. The molecule has 1 aromatic heterocycles. The fourth-order valence-electron chi connectivity index (χ4n) is 2.36. The van der Waals surface area contributed by atoms with Gasteiger partial charge >= 0.3 is 5.97 Å². The van der Waals surface area contributed by atoms with Crippen molar-refractivity contribution in [2.45, 2.75) is 32.4 Å². The van der Waals surface area contributed by atoms with Crippen LogP contribution in [0.15, 0.2) is 18.2 Å². The minimum absolute atomic E-state index is 0.162. The van der Waals surface area contributed by atoms with Crippen LogP contribution < -0.4 is 0 Å². The lowest BCUT2D eigenvalue weighted by molar-refractivity contribution is -0.148. The normalized spacial score (nSPS) is 23.5. The molecular weight excluding hydrogens is 216 g/mol. The van der Waals surface area contributed by atoms with Crippen LogP contribution in [0.25, 0.3) is 0 Å². The molecule has 0 saturated heterocycles. The topological polar surface area (TPSA) is 53.4 Å². The van der Waals surface area contributed by atoms with Crippen LogP contribution in [0, 0.1) is 12.8 Å². The Hall–Kier alpha value is -1.42. The fraction of sp³-hybridized carbons (Fsp3) is 0.538. The Labute approximate surface area is 101 Å². The van der Waals surface area contributed by atoms with E-state index in [0.717, 1.165) is 30.8 Å². The van der Waals surface area contributed by atoms with Crippen LogP contribution in [-0.4, -0.2) is 34.0 Å². The maximum absolute atomic E-state index is 11.0. The zero-order chi connectivity index (χ0) is 12.4. The lowest BCUT2D eigenvalue weighted by atomic mass is 9.78. The summed E-state index contributed by atoms with van der Waals surface area (Å²) in [4.78, 5) is 17.5. The molecule has 2 atom stereocenters. The third kappa shape index (κ3) is 2.64. The van der Waals surface area contributed by atoms with Crippen LogP contribution in [0.3, 0.4) is 0 Å². The number of aliphatic carboxylic acids is 1. The number of rotatable bonds is 4. The van der Waals surface area contributed by atoms with Crippen molar-refractivity contribution in [1.82, 2.24) is 9.88 Å². The van der Waals surface area contributed by atoms with Gasteiger partial charge in [0, 0.05) is 18.3 Å². The van der Waals surface area contributed by atoms with E-state index in [2.05, 4.69) is 9.88 Å². The summed E-state index contributed by atoms with van der Waals surface area (Å²) in [6, 6.07) is 6.10. The van der Waals surface area contributed by atoms with Gasteiger partial charge < -0.3 is 5.11 Å². The summed E-state index contributed by atoms with van der Waals surface area (Å²) in [6.45, 7) is 2.68. The van der Waals surface area contributed by atoms with Crippen molar-refractivity contribution in [1.29, 1.82) is 0 Å². The smallest absolute Gasteiger partial charge is 0.308 e. The number of aromatic nitrogens is 1. The van der Waals surface area contributed by atoms with Gasteiger partial charge in [0.1, 0.15) is 0 Å². The largest absolute Gasteiger partial charge is 0.481 e. The first-order chi connectivity index (χ1) is 8.08. The van der Waals surface area contributed by atoms with Crippen LogP contribution in [0.2, 0.25) is 0 Å². The molecule has 0 spiro atoms. The van der Waals surface area contributed by atoms with Crippen molar-refractivity contribution >= 4 is 5.97 Å². The number of hydrogen-bond acceptors (Lipinski definition) is 3. The maximum atomic E-state index is 11.0. The highest BCUT2D eigenvalue weighted by atomic mass is 16.4. The quantitative estimate of drug-likeness (QED) is 0.861. The van der Waals surface area contributed by atoms with E-state index in [0.29, 0.717) is 0 Å². The van der Waals surface area contributed by atoms with Gasteiger partial charge in [0.2, 0.25) is 0 Å². The summed E-state index contributed by atoms with van der Waals surface area (Å²) in [6.07, 6.45) is 1.77. The van der Waals surface area contributed by atoms with E-state index in [1.54, 1.807) is 0 Å². The minimum Gasteiger partial charge on any atom is -0.481 e. The molecule has 1 aromatic rings. The predicted molar refractivity (Wildman–Crippen MR) is 64.6 cm³/mol. The number of carboxylic acids is 1. The molecule has 1 aliphatic rings. The Morgan fingerprint density at radius 1 is 1.53 bits per heavy atom. The minimum atomic E-state index is -0.676. The summed E-state index contributed by atoms with van der Waals surface area (Å²) in [7, 11) is 1.98. The molecule has 1 saturated carbocycles. The van der Waals surface area contributed by atoms with Gasteiger partial charge in [0.05, 0.1) is 11.6 Å². The van der Waals surface area contributed by atoms with Crippen LogP contribution in [0.1, 0.15) is 24.2 Å². The highest BCUT2D eigenvalue weighted by Gasteiger charge is 2.38. The third-order valence-electron chi connectivity index (χ3n) is 3.48. The average Bonchev–Trinajstić information content (AvgIpc) is 2.13. The Bertz CT molecular complexity index is 420. The highest BCUT2D eigenvalue weighted by Crippen LogP contribution is 2.32. The molecule has 1 aliphatic carbocycles. The van der Waals surface area contributed by atoms with Crippen LogP contribution in [0.4, 0.5) is 0 Å². The van der Waals surface area contributed by atoms with Gasteiger partial charge in [-0.05, 0) is 38.9 Å². The molecule has 2 unspecified atom stereocenters. The van der Waals surface area contributed by atoms with Crippen molar-refractivity contribution in [2.24, 2.45) is 5.92 Å². The van der Waals surface area contributed by atoms with E-state index in [1.165, 1.54) is 0 Å². The first-order valence-corrected chi connectivity index (χ1v) is 5.93. The number of nitrogens with zero attached hydrogens (tertiary/aromatic N) is 2. The Kier molecular flexibility index (Phi) is 3.43. The van der Waals surface area contributed by atoms with Crippen molar-refractivity contribution in [3.63, 3.8) is 0 Å². The van der Waals surface area contributed by atoms with Gasteiger partial charge in [-0.1, -0.05) is 6.07 Å². The summed E-state index contributed by atoms with van der Waals surface area (Å²) in [5, 5.41) is 9.02. The Morgan fingerprint density at radius 2 is 2.29 bits per heavy atom. The van der Waals surface area contributed by atoms with Crippen molar-refractivity contribution in [2.75, 3.05) is 7.05 Å². The number of aryl methyl sites for hydroxylation is 1. The SMILES string of the molecule is Cc1cccc(CN(C)C2CCC2C(=O)O)n1. The number of carbonyl (C=O) groups is 1. The molecule has 1 fully saturated rings. The second-order valence-corrected chi connectivity index (χ2v) is 4.77. The molecule has 0 amide bonds. The molecule has 0 aliphatic heterocycles. The predicted octanol–water partition coefficient (Wildman–Crippen LogP) is 1.69. The van der Waals surface area contributed by atoms with Crippen LogP contribution in [-0.2, 0) is 11.3 Å². The molecule has 4 nitrogen and oxygen atoms in total. The van der Waals surface area contributed by atoms with E-state index in [9.17, 15) is 4.79 Å². The molecule has 0 radical (unpaired) electrons. The fourth-order valence-corrected chi connectivity index (χ4v) is 2.36. The van der Waals surface area contributed by atoms with Gasteiger partial charge in [-0.3, -0.25) is 14.7 Å². The second kappa shape index (κ2) is 4.84. The summed E-state index contributed by atoms with van der Waals surface area (Å²) in [5.41, 5.74) is 2.00. The van der Waals surface area contributed by atoms with Gasteiger partial charge in [-0.2, -0.15) is 0 Å². The number of pyridine rings is 1. The van der Waals surface area contributed by atoms with Gasteiger partial charge in [0.25, 0.3) is 0 Å². The molecule has 17 heavy (non-hydrogen) atoms. The maximum Gasteiger partial charge on any atom is 0.308 e. The van der Waals surface area contributed by atoms with Crippen LogP contribution in [0.5, 0.6) is 0 Å². The van der Waals surface area contributed by atoms with E-state index in [1.807, 2.05) is 32.2 Å². The number of carboxylic acid groups (broad SMARTS) is 1. The lowest BCUT2D eigenvalue weighted by Gasteiger charge is -2.40. The lowest BCUT2D eigenvalue weighted by Crippen LogP contribution is -2.48. The molecular formula is C13H18N2O2. The Morgan fingerprint density at radius 3 is 2.82 bits per heavy atom. The summed E-state index contributed by atoms with van der Waals surface area (Å²) >= 11 is 0. The number of hydrogen-bond donors (Lipinski definition) is 1. The van der Waals surface area contributed by atoms with Gasteiger partial charge in [-0.25, -0.2) is 0 Å². The average molecular weight is 234 g/mol. The Balaban J connectivity index is 1.97. The van der Waals surface area contributed by atoms with Crippen molar-refractivity contribution < 1.29 is 9.90 Å². The van der Waals surface area contributed by atoms with Gasteiger partial charge in [-0.15, -0.1) is 0 Å². The molecule has 2 rings (SSSR count). The zero-order valence-electron chi connectivity index (χ0n) is 10.3. The first kappa shape index (κ1) is 12.0.